The topological polar surface area (TPSA) is 80.6 Å². The smallest absolute Gasteiger partial charge is 0.410 e. The summed E-state index contributed by atoms with van der Waals surface area (Å²) >= 11 is 12.8. The third-order valence-corrected chi connectivity index (χ3v) is 7.70. The molecule has 2 amide bonds. The van der Waals surface area contributed by atoms with Crippen LogP contribution in [-0.2, 0) is 16.6 Å². The third kappa shape index (κ3) is 6.06. The summed E-state index contributed by atoms with van der Waals surface area (Å²) in [6.45, 7) is 6.08. The summed E-state index contributed by atoms with van der Waals surface area (Å²) in [5.41, 5.74) is 0.816. The molecule has 2 aromatic rings. The van der Waals surface area contributed by atoms with Crippen molar-refractivity contribution in [1.29, 1.82) is 0 Å². The maximum Gasteiger partial charge on any atom is 0.410 e. The summed E-state index contributed by atoms with van der Waals surface area (Å²) in [5.74, 6) is -0.676. The Labute approximate surface area is 221 Å². The highest BCUT2D eigenvalue weighted by molar-refractivity contribution is 6.42. The van der Waals surface area contributed by atoms with Crippen molar-refractivity contribution in [3.63, 3.8) is 0 Å². The monoisotopic (exact) mass is 533 g/mol. The van der Waals surface area contributed by atoms with Crippen molar-refractivity contribution in [3.8, 4) is 0 Å². The summed E-state index contributed by atoms with van der Waals surface area (Å²) in [6, 6.07) is 8.64. The van der Waals surface area contributed by atoms with Gasteiger partial charge in [-0.2, -0.15) is 0 Å². The SMILES string of the molecule is Cn1ccc(C2CCN(C(=O)OC(C)(C)C)CC2C(=O)NC(c2cccc(Cl)c2Cl)C2CC2)cc1=O. The number of nitrogens with one attached hydrogen (secondary N) is 1. The lowest BCUT2D eigenvalue weighted by atomic mass is 9.80. The molecule has 1 aromatic heterocycles. The molecule has 1 aromatic carbocycles. The van der Waals surface area contributed by atoms with Crippen molar-refractivity contribution in [2.24, 2.45) is 18.9 Å². The summed E-state index contributed by atoms with van der Waals surface area (Å²) in [4.78, 5) is 40.7. The number of likely N-dealkylation sites (tertiary alicyclic amines) is 1. The Bertz CT molecular complexity index is 1200. The van der Waals surface area contributed by atoms with Gasteiger partial charge in [-0.25, -0.2) is 4.79 Å². The molecular formula is C27H33Cl2N3O4. The number of aromatic nitrogens is 1. The van der Waals surface area contributed by atoms with Gasteiger partial charge in [-0.3, -0.25) is 9.59 Å². The lowest BCUT2D eigenvalue weighted by Crippen LogP contribution is -2.50. The molecule has 0 spiro atoms. The van der Waals surface area contributed by atoms with E-state index in [1.54, 1.807) is 30.3 Å². The molecule has 7 nitrogen and oxygen atoms in total. The van der Waals surface area contributed by atoms with Crippen LogP contribution < -0.4 is 10.9 Å². The zero-order valence-corrected chi connectivity index (χ0v) is 22.6. The van der Waals surface area contributed by atoms with E-state index in [1.165, 1.54) is 4.57 Å². The Balaban J connectivity index is 1.63. The van der Waals surface area contributed by atoms with E-state index in [2.05, 4.69) is 5.32 Å². The van der Waals surface area contributed by atoms with Gasteiger partial charge >= 0.3 is 6.09 Å². The average molecular weight is 534 g/mol. The number of ether oxygens (including phenoxy) is 1. The van der Waals surface area contributed by atoms with E-state index in [1.807, 2.05) is 39.0 Å². The number of nitrogens with zero attached hydrogens (tertiary/aromatic N) is 2. The van der Waals surface area contributed by atoms with Crippen molar-refractivity contribution in [1.82, 2.24) is 14.8 Å². The maximum absolute atomic E-state index is 13.8. The second-order valence-electron chi connectivity index (χ2n) is 10.8. The zero-order valence-electron chi connectivity index (χ0n) is 21.1. The molecule has 194 valence electrons. The highest BCUT2D eigenvalue weighted by Crippen LogP contribution is 2.45. The molecule has 2 fully saturated rings. The van der Waals surface area contributed by atoms with E-state index in [0.717, 1.165) is 24.0 Å². The normalized spacial score (nSPS) is 21.1. The fourth-order valence-corrected chi connectivity index (χ4v) is 5.23. The van der Waals surface area contributed by atoms with Gasteiger partial charge in [-0.15, -0.1) is 0 Å². The number of pyridine rings is 1. The van der Waals surface area contributed by atoms with E-state index < -0.39 is 17.6 Å². The van der Waals surface area contributed by atoms with Crippen LogP contribution in [0.15, 0.2) is 41.3 Å². The molecule has 1 aliphatic carbocycles. The Morgan fingerprint density at radius 3 is 2.50 bits per heavy atom. The molecule has 1 saturated carbocycles. The quantitative estimate of drug-likeness (QED) is 0.565. The minimum atomic E-state index is -0.641. The molecule has 1 N–H and O–H groups in total. The van der Waals surface area contributed by atoms with Crippen LogP contribution in [0.2, 0.25) is 10.0 Å². The highest BCUT2D eigenvalue weighted by Gasteiger charge is 2.41. The molecule has 36 heavy (non-hydrogen) atoms. The number of piperidine rings is 1. The van der Waals surface area contributed by atoms with Crippen molar-refractivity contribution < 1.29 is 14.3 Å². The van der Waals surface area contributed by atoms with Gasteiger partial charge in [0.25, 0.3) is 5.56 Å². The second-order valence-corrected chi connectivity index (χ2v) is 11.6. The number of hydrogen-bond acceptors (Lipinski definition) is 4. The number of halogens is 2. The Kier molecular flexibility index (Phi) is 7.72. The first-order valence-electron chi connectivity index (χ1n) is 12.3. The number of aryl methyl sites for hydroxylation is 1. The summed E-state index contributed by atoms with van der Waals surface area (Å²) in [5, 5.41) is 4.11. The molecule has 0 bridgehead atoms. The fraction of sp³-hybridized carbons (Fsp3) is 0.519. The molecule has 2 aliphatic rings. The fourth-order valence-electron chi connectivity index (χ4n) is 4.80. The first kappa shape index (κ1) is 26.6. The van der Waals surface area contributed by atoms with Crippen LogP contribution in [0, 0.1) is 11.8 Å². The zero-order chi connectivity index (χ0) is 26.2. The van der Waals surface area contributed by atoms with Gasteiger partial charge in [-0.1, -0.05) is 35.3 Å². The van der Waals surface area contributed by atoms with Crippen LogP contribution >= 0.6 is 23.2 Å². The number of amides is 2. The van der Waals surface area contributed by atoms with Gasteiger partial charge in [0.2, 0.25) is 5.91 Å². The molecule has 3 atom stereocenters. The number of hydrogen-bond donors (Lipinski definition) is 1. The van der Waals surface area contributed by atoms with E-state index in [-0.39, 0.29) is 35.9 Å². The van der Waals surface area contributed by atoms with Gasteiger partial charge < -0.3 is 19.5 Å². The first-order valence-corrected chi connectivity index (χ1v) is 13.1. The lowest BCUT2D eigenvalue weighted by Gasteiger charge is -2.39. The maximum atomic E-state index is 13.8. The molecule has 2 heterocycles. The number of carbonyl (C=O) groups is 2. The van der Waals surface area contributed by atoms with Gasteiger partial charge in [-0.05, 0) is 75.1 Å². The molecule has 0 radical (unpaired) electrons. The number of benzene rings is 1. The highest BCUT2D eigenvalue weighted by atomic mass is 35.5. The molecule has 9 heteroatoms. The first-order chi connectivity index (χ1) is 16.9. The Hall–Kier alpha value is -2.51. The van der Waals surface area contributed by atoms with Gasteiger partial charge in [0.05, 0.1) is 22.0 Å². The Morgan fingerprint density at radius 2 is 1.86 bits per heavy atom. The van der Waals surface area contributed by atoms with Crippen LogP contribution in [0.3, 0.4) is 0 Å². The minimum absolute atomic E-state index is 0.136. The number of carbonyl (C=O) groups excluding carboxylic acids is 2. The average Bonchev–Trinajstić information content (AvgIpc) is 3.65. The third-order valence-electron chi connectivity index (χ3n) is 6.87. The van der Waals surface area contributed by atoms with Crippen LogP contribution in [-0.4, -0.2) is 40.2 Å². The van der Waals surface area contributed by atoms with Crippen molar-refractivity contribution >= 4 is 35.2 Å². The van der Waals surface area contributed by atoms with Gasteiger partial charge in [0.1, 0.15) is 5.60 Å². The van der Waals surface area contributed by atoms with Crippen molar-refractivity contribution in [2.75, 3.05) is 13.1 Å². The summed E-state index contributed by atoms with van der Waals surface area (Å²) in [6.07, 6.45) is 3.78. The summed E-state index contributed by atoms with van der Waals surface area (Å²) < 4.78 is 7.08. The van der Waals surface area contributed by atoms with Crippen LogP contribution in [0.1, 0.15) is 63.1 Å². The van der Waals surface area contributed by atoms with E-state index in [9.17, 15) is 14.4 Å². The van der Waals surface area contributed by atoms with Gasteiger partial charge in [0.15, 0.2) is 0 Å². The predicted molar refractivity (Wildman–Crippen MR) is 140 cm³/mol. The predicted octanol–water partition coefficient (Wildman–Crippen LogP) is 5.30. The van der Waals surface area contributed by atoms with E-state index in [4.69, 9.17) is 27.9 Å². The summed E-state index contributed by atoms with van der Waals surface area (Å²) in [7, 11) is 1.69. The molecule has 1 saturated heterocycles. The van der Waals surface area contributed by atoms with Crippen molar-refractivity contribution in [2.45, 2.75) is 57.6 Å². The standard InChI is InChI=1S/C27H33Cl2N3O4/c1-27(2,3)36-26(35)32-13-11-18(17-10-12-31(4)22(33)14-17)20(15-32)25(34)30-24(16-8-9-16)19-6-5-7-21(28)23(19)29/h5-7,10,12,14,16,18,20,24H,8-9,11,13,15H2,1-4H3,(H,30,34). The van der Waals surface area contributed by atoms with Crippen LogP contribution in [0.25, 0.3) is 0 Å². The molecular weight excluding hydrogens is 501 g/mol. The van der Waals surface area contributed by atoms with Gasteiger partial charge in [0, 0.05) is 32.4 Å². The van der Waals surface area contributed by atoms with Crippen molar-refractivity contribution in [3.05, 3.63) is 68.1 Å². The second kappa shape index (κ2) is 10.5. The van der Waals surface area contributed by atoms with E-state index >= 15 is 0 Å². The molecule has 1 aliphatic heterocycles. The lowest BCUT2D eigenvalue weighted by molar-refractivity contribution is -0.128. The Morgan fingerprint density at radius 1 is 1.14 bits per heavy atom. The number of rotatable bonds is 5. The largest absolute Gasteiger partial charge is 0.444 e. The molecule has 3 unspecified atom stereocenters. The van der Waals surface area contributed by atoms with Crippen LogP contribution in [0.5, 0.6) is 0 Å². The van der Waals surface area contributed by atoms with Crippen LogP contribution in [0.4, 0.5) is 4.79 Å². The molecule has 4 rings (SSSR count). The van der Waals surface area contributed by atoms with E-state index in [0.29, 0.717) is 23.0 Å². The minimum Gasteiger partial charge on any atom is -0.444 e.